The molecule has 0 aliphatic carbocycles. The Labute approximate surface area is 236 Å². The summed E-state index contributed by atoms with van der Waals surface area (Å²) in [6.45, 7) is 0. The number of halogens is 22. The van der Waals surface area contributed by atoms with Gasteiger partial charge in [-0.05, 0) is 24.0 Å². The third-order valence-electron chi connectivity index (χ3n) is 5.04. The van der Waals surface area contributed by atoms with E-state index in [-0.39, 0.29) is 0 Å². The molecule has 0 aromatic carbocycles. The minimum atomic E-state index is -7.61. The first-order valence-corrected chi connectivity index (χ1v) is 10.5. The van der Waals surface area contributed by atoms with E-state index < -0.39 is 109 Å². The Morgan fingerprint density at radius 3 is 0.804 bits per heavy atom. The van der Waals surface area contributed by atoms with Gasteiger partial charge in [-0.1, -0.05) is 0 Å². The van der Waals surface area contributed by atoms with Crippen LogP contribution in [0.15, 0.2) is 11.1 Å². The number of carboxylic acid groups (broad SMARTS) is 2. The summed E-state index contributed by atoms with van der Waals surface area (Å²) in [7, 11) is 0. The zero-order valence-corrected chi connectivity index (χ0v) is 20.6. The Morgan fingerprint density at radius 1 is 0.413 bits per heavy atom. The molecule has 0 atom stereocenters. The third kappa shape index (κ3) is 8.69. The molecule has 0 N–H and O–H groups in total. The summed E-state index contributed by atoms with van der Waals surface area (Å²) < 4.78 is 287. The van der Waals surface area contributed by atoms with Crippen molar-refractivity contribution in [1.82, 2.24) is 0 Å². The van der Waals surface area contributed by atoms with Crippen molar-refractivity contribution in [3.8, 4) is 0 Å². The first kappa shape index (κ1) is 43.1. The van der Waals surface area contributed by atoms with Gasteiger partial charge in [-0.15, -0.1) is 0 Å². The zero-order valence-electron chi connectivity index (χ0n) is 20.6. The molecule has 0 heterocycles. The van der Waals surface area contributed by atoms with Gasteiger partial charge in [0.25, 0.3) is 0 Å². The van der Waals surface area contributed by atoms with Crippen LogP contribution in [0.1, 0.15) is 25.7 Å². The maximum absolute atomic E-state index is 13.8. The number of hydrogen-bond donors (Lipinski definition) is 0. The predicted molar refractivity (Wildman–Crippen MR) is 89.4 cm³/mol. The molecule has 0 amide bonds. The third-order valence-corrected chi connectivity index (χ3v) is 5.04. The van der Waals surface area contributed by atoms with Gasteiger partial charge in [-0.25, -0.2) is 9.47 Å². The fourth-order valence-electron chi connectivity index (χ4n) is 2.54. The highest BCUT2D eigenvalue weighted by Gasteiger charge is 2.79. The summed E-state index contributed by atoms with van der Waals surface area (Å²) in [5.41, 5.74) is -5.06. The molecule has 0 aromatic heterocycles. The summed E-state index contributed by atoms with van der Waals surface area (Å²) in [6.07, 6.45) is -55.8. The standard InChI is InChI=1S/C18H10F22O6/c19-9(20,15(33,34)45-17(37,38)11(23,24)13(27,28)29)3-1-5(7(41)42)6(8(43)44)2-4-10(21,22)16(35,36)46-18(39,40)12(25,26)14(30,31)32/h1-4H2,(H,41,42)(H,43,44)/p-2/b6-5-. The number of carbonyl (C=O) groups is 2. The van der Waals surface area contributed by atoms with Crippen LogP contribution in [0.2, 0.25) is 0 Å². The quantitative estimate of drug-likeness (QED) is 0.155. The highest BCUT2D eigenvalue weighted by molar-refractivity contribution is 5.97. The van der Waals surface area contributed by atoms with Crippen molar-refractivity contribution in [2.24, 2.45) is 0 Å². The van der Waals surface area contributed by atoms with Gasteiger partial charge in [0.2, 0.25) is 0 Å². The van der Waals surface area contributed by atoms with E-state index in [9.17, 15) is 116 Å². The molecule has 0 saturated heterocycles. The second-order valence-electron chi connectivity index (χ2n) is 8.36. The van der Waals surface area contributed by atoms with Crippen LogP contribution in [0.5, 0.6) is 0 Å². The van der Waals surface area contributed by atoms with E-state index in [0.29, 0.717) is 0 Å². The maximum Gasteiger partial charge on any atom is 0.462 e. The van der Waals surface area contributed by atoms with Gasteiger partial charge in [-0.3, -0.25) is 0 Å². The summed E-state index contributed by atoms with van der Waals surface area (Å²) in [4.78, 5) is 22.2. The number of alkyl halides is 22. The molecule has 0 radical (unpaired) electrons. The van der Waals surface area contributed by atoms with Crippen molar-refractivity contribution in [2.45, 2.75) is 86.2 Å². The molecule has 6 nitrogen and oxygen atoms in total. The lowest BCUT2D eigenvalue weighted by molar-refractivity contribution is -0.496. The first-order chi connectivity index (χ1) is 19.7. The lowest BCUT2D eigenvalue weighted by atomic mass is 9.95. The second kappa shape index (κ2) is 12.6. The summed E-state index contributed by atoms with van der Waals surface area (Å²) >= 11 is 0. The Balaban J connectivity index is 6.33. The molecule has 0 spiro atoms. The smallest absolute Gasteiger partial charge is 0.462 e. The second-order valence-corrected chi connectivity index (χ2v) is 8.36. The topological polar surface area (TPSA) is 98.7 Å². The fourth-order valence-corrected chi connectivity index (χ4v) is 2.54. The molecule has 0 fully saturated rings. The summed E-state index contributed by atoms with van der Waals surface area (Å²) in [5, 5.41) is 22.2. The van der Waals surface area contributed by atoms with Crippen LogP contribution in [0.3, 0.4) is 0 Å². The number of ether oxygens (including phenoxy) is 2. The molecule has 28 heteroatoms. The van der Waals surface area contributed by atoms with Gasteiger partial charge in [0.1, 0.15) is 0 Å². The average Bonchev–Trinajstić information content (AvgIpc) is 2.77. The largest absolute Gasteiger partial charge is 0.545 e. The number of aliphatic carboxylic acids is 2. The van der Waals surface area contributed by atoms with E-state index in [1.54, 1.807) is 9.47 Å². The zero-order chi connectivity index (χ0) is 37.6. The molecule has 272 valence electrons. The molecular weight excluding hydrogens is 730 g/mol. The van der Waals surface area contributed by atoms with Crippen LogP contribution in [0.25, 0.3) is 0 Å². The van der Waals surface area contributed by atoms with Crippen molar-refractivity contribution in [3.63, 3.8) is 0 Å². The van der Waals surface area contributed by atoms with Gasteiger partial charge < -0.3 is 19.8 Å². The van der Waals surface area contributed by atoms with Gasteiger partial charge in [0.05, 0.1) is 11.9 Å². The Morgan fingerprint density at radius 2 is 0.630 bits per heavy atom. The highest BCUT2D eigenvalue weighted by atomic mass is 19.4. The van der Waals surface area contributed by atoms with E-state index in [4.69, 9.17) is 0 Å². The van der Waals surface area contributed by atoms with Crippen molar-refractivity contribution in [3.05, 3.63) is 11.1 Å². The van der Waals surface area contributed by atoms with Gasteiger partial charge in [-0.2, -0.15) is 96.6 Å². The number of carboxylic acids is 2. The summed E-state index contributed by atoms with van der Waals surface area (Å²) in [6, 6.07) is 0. The predicted octanol–water partition coefficient (Wildman–Crippen LogP) is 5.41. The molecule has 0 aliphatic rings. The monoisotopic (exact) mass is 738 g/mol. The molecule has 0 saturated carbocycles. The normalized spacial score (nSPS) is 16.0. The Hall–Kier alpha value is -2.94. The van der Waals surface area contributed by atoms with Crippen LogP contribution in [0, 0.1) is 0 Å². The first-order valence-electron chi connectivity index (χ1n) is 10.5. The van der Waals surface area contributed by atoms with E-state index in [1.807, 2.05) is 0 Å². The molecule has 0 aromatic rings. The van der Waals surface area contributed by atoms with Crippen molar-refractivity contribution < 1.29 is 126 Å². The van der Waals surface area contributed by atoms with Crippen molar-refractivity contribution in [1.29, 1.82) is 0 Å². The molecule has 46 heavy (non-hydrogen) atoms. The minimum Gasteiger partial charge on any atom is -0.545 e. The van der Waals surface area contributed by atoms with Crippen molar-refractivity contribution >= 4 is 11.9 Å². The highest BCUT2D eigenvalue weighted by Crippen LogP contribution is 2.53. The van der Waals surface area contributed by atoms with Crippen LogP contribution in [0.4, 0.5) is 96.6 Å². The Kier molecular flexibility index (Phi) is 11.8. The van der Waals surface area contributed by atoms with Crippen LogP contribution >= 0.6 is 0 Å². The number of rotatable bonds is 16. The van der Waals surface area contributed by atoms with Gasteiger partial charge in [0.15, 0.2) is 0 Å². The number of carbonyl (C=O) groups excluding carboxylic acids is 2. The van der Waals surface area contributed by atoms with E-state index in [1.165, 1.54) is 0 Å². The summed E-state index contributed by atoms with van der Waals surface area (Å²) in [5.74, 6) is -34.8. The molecule has 0 bridgehead atoms. The molecule has 0 unspecified atom stereocenters. The fraction of sp³-hybridized carbons (Fsp3) is 0.778. The van der Waals surface area contributed by atoms with Gasteiger partial charge in [0, 0.05) is 12.8 Å². The number of hydrogen-bond acceptors (Lipinski definition) is 6. The SMILES string of the molecule is O=C([O-])/C(CCC(F)(F)C(F)(F)OC(F)(F)C(F)(F)C(F)(F)F)=C(/CCC(F)(F)C(F)(F)OC(F)(F)C(F)(F)C(F)(F)F)C(=O)[O-]. The average molecular weight is 738 g/mol. The lowest BCUT2D eigenvalue weighted by Gasteiger charge is -2.34. The van der Waals surface area contributed by atoms with E-state index >= 15 is 0 Å². The minimum absolute atomic E-state index is 1.62. The lowest BCUT2D eigenvalue weighted by Crippen LogP contribution is -2.58. The van der Waals surface area contributed by atoms with Crippen LogP contribution < -0.4 is 10.2 Å². The molecule has 0 aliphatic heterocycles. The van der Waals surface area contributed by atoms with Gasteiger partial charge >= 0.3 is 60.5 Å². The maximum atomic E-state index is 13.8. The van der Waals surface area contributed by atoms with E-state index in [0.717, 1.165) is 0 Å². The van der Waals surface area contributed by atoms with Crippen LogP contribution in [-0.2, 0) is 19.1 Å². The molecular formula is C18H8F22O6-2. The van der Waals surface area contributed by atoms with Crippen LogP contribution in [-0.4, -0.2) is 72.4 Å². The Bertz CT molecular complexity index is 1060. The van der Waals surface area contributed by atoms with E-state index in [2.05, 4.69) is 0 Å². The van der Waals surface area contributed by atoms with Crippen molar-refractivity contribution in [2.75, 3.05) is 0 Å². The molecule has 0 rings (SSSR count).